The Morgan fingerprint density at radius 1 is 1.25 bits per heavy atom. The van der Waals surface area contributed by atoms with Crippen molar-refractivity contribution < 1.29 is 0 Å². The lowest BCUT2D eigenvalue weighted by Crippen LogP contribution is -2.08. The lowest BCUT2D eigenvalue weighted by Gasteiger charge is -2.10. The van der Waals surface area contributed by atoms with Gasteiger partial charge in [-0.1, -0.05) is 39.3 Å². The van der Waals surface area contributed by atoms with Crippen molar-refractivity contribution in [2.75, 3.05) is 11.9 Å². The van der Waals surface area contributed by atoms with Gasteiger partial charge in [0.2, 0.25) is 0 Å². The van der Waals surface area contributed by atoms with Crippen LogP contribution < -0.4 is 5.32 Å². The number of rotatable bonds is 5. The second-order valence-electron chi connectivity index (χ2n) is 4.70. The highest BCUT2D eigenvalue weighted by Crippen LogP contribution is 2.17. The molecule has 0 radical (unpaired) electrons. The highest BCUT2D eigenvalue weighted by molar-refractivity contribution is 6.29. The number of nitrogens with zero attached hydrogens (tertiary/aromatic N) is 2. The first-order valence-electron chi connectivity index (χ1n) is 5.77. The number of anilines is 1. The molecule has 90 valence electrons. The minimum absolute atomic E-state index is 0.296. The molecule has 1 aromatic rings. The Kier molecular flexibility index (Phi) is 5.00. The minimum Gasteiger partial charge on any atom is -0.370 e. The van der Waals surface area contributed by atoms with E-state index in [9.17, 15) is 0 Å². The molecule has 0 fully saturated rings. The molecule has 1 heterocycles. The van der Waals surface area contributed by atoms with Crippen LogP contribution in [0.2, 0.25) is 5.15 Å². The van der Waals surface area contributed by atoms with Crippen LogP contribution in [0.3, 0.4) is 0 Å². The number of nitrogens with one attached hydrogen (secondary N) is 1. The molecule has 0 aliphatic rings. The van der Waals surface area contributed by atoms with Crippen molar-refractivity contribution in [1.82, 2.24) is 9.97 Å². The van der Waals surface area contributed by atoms with E-state index in [1.807, 2.05) is 0 Å². The van der Waals surface area contributed by atoms with Crippen LogP contribution in [0.4, 0.5) is 5.82 Å². The van der Waals surface area contributed by atoms with Crippen LogP contribution in [0, 0.1) is 5.92 Å². The Bertz CT molecular complexity index is 337. The van der Waals surface area contributed by atoms with E-state index >= 15 is 0 Å². The van der Waals surface area contributed by atoms with Crippen LogP contribution in [0.15, 0.2) is 6.07 Å². The first-order chi connectivity index (χ1) is 7.49. The molecule has 0 spiro atoms. The highest BCUT2D eigenvalue weighted by Gasteiger charge is 2.06. The van der Waals surface area contributed by atoms with Crippen molar-refractivity contribution in [3.8, 4) is 0 Å². The summed E-state index contributed by atoms with van der Waals surface area (Å²) < 4.78 is 0. The van der Waals surface area contributed by atoms with Gasteiger partial charge in [-0.05, 0) is 12.3 Å². The van der Waals surface area contributed by atoms with Gasteiger partial charge in [-0.3, -0.25) is 0 Å². The van der Waals surface area contributed by atoms with E-state index in [-0.39, 0.29) is 0 Å². The molecule has 0 bridgehead atoms. The Labute approximate surface area is 103 Å². The topological polar surface area (TPSA) is 37.8 Å². The van der Waals surface area contributed by atoms with Crippen molar-refractivity contribution in [2.45, 2.75) is 40.0 Å². The molecule has 0 unspecified atom stereocenters. The van der Waals surface area contributed by atoms with Crippen LogP contribution in [0.25, 0.3) is 0 Å². The van der Waals surface area contributed by atoms with E-state index in [4.69, 9.17) is 11.6 Å². The molecule has 0 saturated heterocycles. The number of halogens is 1. The summed E-state index contributed by atoms with van der Waals surface area (Å²) in [6.45, 7) is 9.44. The summed E-state index contributed by atoms with van der Waals surface area (Å²) in [6, 6.07) is 1.77. The van der Waals surface area contributed by atoms with E-state index in [0.29, 0.717) is 17.0 Å². The maximum absolute atomic E-state index is 5.94. The molecule has 16 heavy (non-hydrogen) atoms. The monoisotopic (exact) mass is 241 g/mol. The normalized spacial score (nSPS) is 11.2. The largest absolute Gasteiger partial charge is 0.370 e. The van der Waals surface area contributed by atoms with E-state index in [2.05, 4.69) is 43.0 Å². The predicted molar refractivity (Wildman–Crippen MR) is 69.1 cm³/mol. The zero-order chi connectivity index (χ0) is 12.1. The van der Waals surface area contributed by atoms with Gasteiger partial charge in [0.1, 0.15) is 16.8 Å². The van der Waals surface area contributed by atoms with E-state index in [1.165, 1.54) is 0 Å². The number of aromatic nitrogens is 2. The van der Waals surface area contributed by atoms with Gasteiger partial charge in [0, 0.05) is 18.5 Å². The summed E-state index contributed by atoms with van der Waals surface area (Å²) in [4.78, 5) is 8.61. The van der Waals surface area contributed by atoms with E-state index in [1.54, 1.807) is 6.07 Å². The van der Waals surface area contributed by atoms with Crippen LogP contribution in [-0.2, 0) is 0 Å². The van der Waals surface area contributed by atoms with E-state index in [0.717, 1.165) is 24.6 Å². The van der Waals surface area contributed by atoms with Gasteiger partial charge in [-0.15, -0.1) is 0 Å². The molecular weight excluding hydrogens is 222 g/mol. The average Bonchev–Trinajstić information content (AvgIpc) is 2.16. The van der Waals surface area contributed by atoms with Gasteiger partial charge in [0.15, 0.2) is 0 Å². The lowest BCUT2D eigenvalue weighted by atomic mass is 10.1. The van der Waals surface area contributed by atoms with Crippen molar-refractivity contribution in [3.05, 3.63) is 17.0 Å². The molecule has 0 saturated carbocycles. The van der Waals surface area contributed by atoms with E-state index < -0.39 is 0 Å². The summed E-state index contributed by atoms with van der Waals surface area (Å²) in [7, 11) is 0. The fourth-order valence-electron chi connectivity index (χ4n) is 1.27. The Morgan fingerprint density at radius 2 is 1.94 bits per heavy atom. The number of hydrogen-bond donors (Lipinski definition) is 1. The molecule has 0 amide bonds. The molecule has 1 aromatic heterocycles. The van der Waals surface area contributed by atoms with Crippen LogP contribution >= 0.6 is 11.6 Å². The maximum atomic E-state index is 5.94. The first kappa shape index (κ1) is 13.2. The van der Waals surface area contributed by atoms with Crippen LogP contribution in [-0.4, -0.2) is 16.5 Å². The van der Waals surface area contributed by atoms with Gasteiger partial charge < -0.3 is 5.32 Å². The third-order valence-corrected chi connectivity index (χ3v) is 2.45. The smallest absolute Gasteiger partial charge is 0.135 e. The van der Waals surface area contributed by atoms with Gasteiger partial charge in [0.25, 0.3) is 0 Å². The minimum atomic E-state index is 0.296. The molecule has 0 aliphatic carbocycles. The SMILES string of the molecule is CC(C)CCNc1cc(Cl)nc(C(C)C)n1. The number of hydrogen-bond acceptors (Lipinski definition) is 3. The Morgan fingerprint density at radius 3 is 2.50 bits per heavy atom. The summed E-state index contributed by atoms with van der Waals surface area (Å²) in [5, 5.41) is 3.78. The Balaban J connectivity index is 2.65. The predicted octanol–water partition coefficient (Wildman–Crippen LogP) is 3.71. The molecule has 0 aromatic carbocycles. The summed E-state index contributed by atoms with van der Waals surface area (Å²) >= 11 is 5.94. The quantitative estimate of drug-likeness (QED) is 0.799. The summed E-state index contributed by atoms with van der Waals surface area (Å²) in [5.74, 6) is 2.60. The first-order valence-corrected chi connectivity index (χ1v) is 6.15. The van der Waals surface area contributed by atoms with Gasteiger partial charge in [-0.2, -0.15) is 0 Å². The molecule has 0 aliphatic heterocycles. The third-order valence-electron chi connectivity index (χ3n) is 2.26. The molecule has 1 rings (SSSR count). The van der Waals surface area contributed by atoms with Crippen molar-refractivity contribution in [3.63, 3.8) is 0 Å². The van der Waals surface area contributed by atoms with Gasteiger partial charge in [-0.25, -0.2) is 9.97 Å². The summed E-state index contributed by atoms with van der Waals surface area (Å²) in [6.07, 6.45) is 1.12. The second-order valence-corrected chi connectivity index (χ2v) is 5.09. The Hall–Kier alpha value is -0.830. The van der Waals surface area contributed by atoms with Crippen molar-refractivity contribution in [2.24, 2.45) is 5.92 Å². The van der Waals surface area contributed by atoms with Crippen LogP contribution in [0.5, 0.6) is 0 Å². The zero-order valence-electron chi connectivity index (χ0n) is 10.4. The zero-order valence-corrected chi connectivity index (χ0v) is 11.2. The third kappa shape index (κ3) is 4.35. The summed E-state index contributed by atoms with van der Waals surface area (Å²) in [5.41, 5.74) is 0. The van der Waals surface area contributed by atoms with Gasteiger partial charge in [0.05, 0.1) is 0 Å². The van der Waals surface area contributed by atoms with Crippen molar-refractivity contribution in [1.29, 1.82) is 0 Å². The molecule has 1 N–H and O–H groups in total. The molecule has 0 atom stereocenters. The fourth-order valence-corrected chi connectivity index (χ4v) is 1.46. The average molecular weight is 242 g/mol. The van der Waals surface area contributed by atoms with Crippen molar-refractivity contribution >= 4 is 17.4 Å². The molecule has 3 nitrogen and oxygen atoms in total. The fraction of sp³-hybridized carbons (Fsp3) is 0.667. The van der Waals surface area contributed by atoms with Crippen LogP contribution in [0.1, 0.15) is 45.9 Å². The van der Waals surface area contributed by atoms with Gasteiger partial charge >= 0.3 is 0 Å². The standard InChI is InChI=1S/C12H20ClN3/c1-8(2)5-6-14-11-7-10(13)15-12(16-11)9(3)4/h7-9H,5-6H2,1-4H3,(H,14,15,16). The molecule has 4 heteroatoms. The maximum Gasteiger partial charge on any atom is 0.135 e. The molecular formula is C12H20ClN3. The highest BCUT2D eigenvalue weighted by atomic mass is 35.5. The lowest BCUT2D eigenvalue weighted by molar-refractivity contribution is 0.606. The second kappa shape index (κ2) is 6.04.